The van der Waals surface area contributed by atoms with E-state index in [1.165, 1.54) is 0 Å². The molecule has 1 aliphatic heterocycles. The third-order valence-electron chi connectivity index (χ3n) is 4.88. The maximum Gasteiger partial charge on any atom is 0.255 e. The van der Waals surface area contributed by atoms with E-state index in [1.54, 1.807) is 0 Å². The Bertz CT molecular complexity index is 933. The highest BCUT2D eigenvalue weighted by Crippen LogP contribution is 2.32. The molecule has 1 saturated heterocycles. The van der Waals surface area contributed by atoms with Gasteiger partial charge in [-0.05, 0) is 18.2 Å². The summed E-state index contributed by atoms with van der Waals surface area (Å²) in [6.07, 6.45) is 0. The lowest BCUT2D eigenvalue weighted by Crippen LogP contribution is -2.41. The summed E-state index contributed by atoms with van der Waals surface area (Å²) in [4.78, 5) is 15.2. The molecule has 27 heavy (non-hydrogen) atoms. The van der Waals surface area contributed by atoms with Crippen molar-refractivity contribution in [3.05, 3.63) is 65.3 Å². The van der Waals surface area contributed by atoms with Crippen molar-refractivity contribution in [3.63, 3.8) is 0 Å². The quantitative estimate of drug-likeness (QED) is 0.735. The van der Waals surface area contributed by atoms with Gasteiger partial charge in [0.2, 0.25) is 0 Å². The first kappa shape index (κ1) is 18.0. The highest BCUT2D eigenvalue weighted by Gasteiger charge is 2.22. The van der Waals surface area contributed by atoms with Crippen molar-refractivity contribution < 1.29 is 9.53 Å². The van der Waals surface area contributed by atoms with E-state index in [1.807, 2.05) is 59.2 Å². The summed E-state index contributed by atoms with van der Waals surface area (Å²) in [7, 11) is 0. The van der Waals surface area contributed by atoms with Crippen LogP contribution in [0.5, 0.6) is 0 Å². The van der Waals surface area contributed by atoms with E-state index in [0.29, 0.717) is 17.3 Å². The maximum absolute atomic E-state index is 12.9. The van der Waals surface area contributed by atoms with Crippen LogP contribution in [0.15, 0.2) is 54.6 Å². The first-order valence-electron chi connectivity index (χ1n) is 9.18. The molecule has 6 heteroatoms. The predicted molar refractivity (Wildman–Crippen MR) is 108 cm³/mol. The zero-order chi connectivity index (χ0) is 18.6. The van der Waals surface area contributed by atoms with Crippen LogP contribution in [0.3, 0.4) is 0 Å². The molecule has 0 bridgehead atoms. The lowest BCUT2D eigenvalue weighted by atomic mass is 10.1. The zero-order valence-corrected chi connectivity index (χ0v) is 15.8. The largest absolute Gasteiger partial charge is 0.379 e. The number of benzene rings is 2. The van der Waals surface area contributed by atoms with Crippen LogP contribution in [0.25, 0.3) is 16.6 Å². The van der Waals surface area contributed by atoms with Gasteiger partial charge in [-0.3, -0.25) is 14.3 Å². The van der Waals surface area contributed by atoms with Gasteiger partial charge in [0.25, 0.3) is 5.91 Å². The lowest BCUT2D eigenvalue weighted by molar-refractivity contribution is 0.0383. The Balaban J connectivity index is 1.59. The molecule has 1 amide bonds. The van der Waals surface area contributed by atoms with Gasteiger partial charge in [0.05, 0.1) is 24.3 Å². The van der Waals surface area contributed by atoms with Crippen LogP contribution in [-0.2, 0) is 4.74 Å². The average molecular weight is 384 g/mol. The smallest absolute Gasteiger partial charge is 0.255 e. The molecular weight excluding hydrogens is 362 g/mol. The molecule has 140 valence electrons. The van der Waals surface area contributed by atoms with Crippen LogP contribution in [0.2, 0.25) is 5.15 Å². The van der Waals surface area contributed by atoms with Crippen LogP contribution >= 0.6 is 11.6 Å². The number of carbonyl (C=O) groups is 1. The minimum absolute atomic E-state index is 0.140. The van der Waals surface area contributed by atoms with Crippen LogP contribution < -0.4 is 5.32 Å². The van der Waals surface area contributed by atoms with E-state index in [0.717, 1.165) is 49.4 Å². The van der Waals surface area contributed by atoms with Crippen molar-refractivity contribution in [2.24, 2.45) is 0 Å². The molecule has 1 N–H and O–H groups in total. The molecule has 2 heterocycles. The lowest BCUT2D eigenvalue weighted by Gasteiger charge is -2.26. The second-order valence-electron chi connectivity index (χ2n) is 6.56. The number of hydrogen-bond acceptors (Lipinski definition) is 3. The molecule has 2 aromatic carbocycles. The third kappa shape index (κ3) is 3.72. The number of amides is 1. The van der Waals surface area contributed by atoms with Crippen molar-refractivity contribution in [2.75, 3.05) is 39.4 Å². The van der Waals surface area contributed by atoms with Gasteiger partial charge >= 0.3 is 0 Å². The Morgan fingerprint density at radius 3 is 2.52 bits per heavy atom. The van der Waals surface area contributed by atoms with Gasteiger partial charge in [-0.15, -0.1) is 0 Å². The van der Waals surface area contributed by atoms with Gasteiger partial charge in [0, 0.05) is 37.3 Å². The van der Waals surface area contributed by atoms with Gasteiger partial charge < -0.3 is 10.1 Å². The molecule has 0 radical (unpaired) electrons. The second kappa shape index (κ2) is 8.13. The van der Waals surface area contributed by atoms with Crippen molar-refractivity contribution in [1.29, 1.82) is 0 Å². The Morgan fingerprint density at radius 1 is 1.04 bits per heavy atom. The molecular formula is C21H22ClN3O2. The van der Waals surface area contributed by atoms with Gasteiger partial charge in [-0.25, -0.2) is 0 Å². The van der Waals surface area contributed by atoms with E-state index in [9.17, 15) is 4.79 Å². The summed E-state index contributed by atoms with van der Waals surface area (Å²) >= 11 is 6.68. The normalized spacial score (nSPS) is 15.1. The number of carbonyl (C=O) groups excluding carboxylic acids is 1. The molecule has 1 aliphatic rings. The van der Waals surface area contributed by atoms with Crippen LogP contribution in [0, 0.1) is 0 Å². The summed E-state index contributed by atoms with van der Waals surface area (Å²) in [6, 6.07) is 17.7. The van der Waals surface area contributed by atoms with Gasteiger partial charge in [-0.1, -0.05) is 48.0 Å². The summed E-state index contributed by atoms with van der Waals surface area (Å²) in [6.45, 7) is 4.71. The molecule has 0 aliphatic carbocycles. The number of para-hydroxylation sites is 2. The molecule has 1 fully saturated rings. The topological polar surface area (TPSA) is 46.5 Å². The number of morpholine rings is 1. The number of fused-ring (bicyclic) bond motifs is 1. The fourth-order valence-corrected chi connectivity index (χ4v) is 3.87. The molecule has 5 nitrogen and oxygen atoms in total. The minimum atomic E-state index is -0.140. The Morgan fingerprint density at radius 2 is 1.74 bits per heavy atom. The number of aromatic nitrogens is 1. The summed E-state index contributed by atoms with van der Waals surface area (Å²) in [5.41, 5.74) is 2.39. The first-order valence-corrected chi connectivity index (χ1v) is 9.56. The Hall–Kier alpha value is -2.34. The van der Waals surface area contributed by atoms with E-state index in [2.05, 4.69) is 10.2 Å². The average Bonchev–Trinajstić information content (AvgIpc) is 3.01. The molecule has 0 unspecified atom stereocenters. The fourth-order valence-electron chi connectivity index (χ4n) is 3.49. The number of nitrogens with zero attached hydrogens (tertiary/aromatic N) is 2. The minimum Gasteiger partial charge on any atom is -0.379 e. The SMILES string of the molecule is O=C(NCCN1CCOCC1)c1c(Cl)n(-c2ccccc2)c2ccccc12. The standard InChI is InChI=1S/C21H22ClN3O2/c22-20-19(21(26)23-10-11-24-12-14-27-15-13-24)17-8-4-5-9-18(17)25(20)16-6-2-1-3-7-16/h1-9H,10-15H2,(H,23,26). The zero-order valence-electron chi connectivity index (χ0n) is 15.0. The van der Waals surface area contributed by atoms with Gasteiger partial charge in [-0.2, -0.15) is 0 Å². The van der Waals surface area contributed by atoms with E-state index in [-0.39, 0.29) is 5.91 Å². The second-order valence-corrected chi connectivity index (χ2v) is 6.92. The molecule has 1 aromatic heterocycles. The van der Waals surface area contributed by atoms with E-state index >= 15 is 0 Å². The van der Waals surface area contributed by atoms with E-state index < -0.39 is 0 Å². The van der Waals surface area contributed by atoms with Crippen molar-refractivity contribution in [3.8, 4) is 5.69 Å². The van der Waals surface area contributed by atoms with Crippen LogP contribution in [-0.4, -0.2) is 54.8 Å². The Labute approximate surface area is 163 Å². The Kier molecular flexibility index (Phi) is 5.43. The molecule has 3 aromatic rings. The van der Waals surface area contributed by atoms with E-state index in [4.69, 9.17) is 16.3 Å². The highest BCUT2D eigenvalue weighted by atomic mass is 35.5. The summed E-state index contributed by atoms with van der Waals surface area (Å²) in [5.74, 6) is -0.140. The van der Waals surface area contributed by atoms with Gasteiger partial charge in [0.1, 0.15) is 5.15 Å². The summed E-state index contributed by atoms with van der Waals surface area (Å²) in [5, 5.41) is 4.32. The monoisotopic (exact) mass is 383 g/mol. The van der Waals surface area contributed by atoms with Crippen LogP contribution in [0.1, 0.15) is 10.4 Å². The first-order chi connectivity index (χ1) is 13.3. The number of ether oxygens (including phenoxy) is 1. The number of rotatable bonds is 5. The number of nitrogens with one attached hydrogen (secondary N) is 1. The molecule has 0 spiro atoms. The summed E-state index contributed by atoms with van der Waals surface area (Å²) < 4.78 is 7.28. The fraction of sp³-hybridized carbons (Fsp3) is 0.286. The van der Waals surface area contributed by atoms with Crippen LogP contribution in [0.4, 0.5) is 0 Å². The van der Waals surface area contributed by atoms with Crippen molar-refractivity contribution >= 4 is 28.4 Å². The third-order valence-corrected chi connectivity index (χ3v) is 5.23. The molecule has 0 saturated carbocycles. The number of hydrogen-bond donors (Lipinski definition) is 1. The van der Waals surface area contributed by atoms with Gasteiger partial charge in [0.15, 0.2) is 0 Å². The highest BCUT2D eigenvalue weighted by molar-refractivity contribution is 6.36. The maximum atomic E-state index is 12.9. The molecule has 0 atom stereocenters. The molecule has 4 rings (SSSR count). The number of halogens is 1. The van der Waals surface area contributed by atoms with Crippen molar-refractivity contribution in [2.45, 2.75) is 0 Å². The van der Waals surface area contributed by atoms with Crippen molar-refractivity contribution in [1.82, 2.24) is 14.8 Å². The predicted octanol–water partition coefficient (Wildman–Crippen LogP) is 3.35.